The van der Waals surface area contributed by atoms with Gasteiger partial charge in [-0.05, 0) is 23.8 Å². The number of rotatable bonds is 4. The number of amides is 3. The SMILES string of the molecule is CN(Cc1ccccc1)C(=O)Nc1ccc(N2CCNC(=O)C2)c(Cl)c1. The van der Waals surface area contributed by atoms with Crippen molar-refractivity contribution in [2.75, 3.05) is 36.9 Å². The zero-order valence-corrected chi connectivity index (χ0v) is 15.3. The molecule has 26 heavy (non-hydrogen) atoms. The Labute approximate surface area is 157 Å². The van der Waals surface area contributed by atoms with Crippen LogP contribution in [0.5, 0.6) is 0 Å². The van der Waals surface area contributed by atoms with Gasteiger partial charge in [-0.15, -0.1) is 0 Å². The predicted octanol–water partition coefficient (Wildman–Crippen LogP) is 2.94. The highest BCUT2D eigenvalue weighted by Crippen LogP contribution is 2.29. The van der Waals surface area contributed by atoms with E-state index >= 15 is 0 Å². The summed E-state index contributed by atoms with van der Waals surface area (Å²) < 4.78 is 0. The van der Waals surface area contributed by atoms with E-state index in [1.165, 1.54) is 0 Å². The first-order valence-electron chi connectivity index (χ1n) is 8.40. The number of hydrogen-bond donors (Lipinski definition) is 2. The van der Waals surface area contributed by atoms with Crippen molar-refractivity contribution in [1.29, 1.82) is 0 Å². The number of carbonyl (C=O) groups is 2. The zero-order valence-electron chi connectivity index (χ0n) is 14.5. The Hall–Kier alpha value is -2.73. The van der Waals surface area contributed by atoms with Gasteiger partial charge in [0, 0.05) is 32.4 Å². The molecule has 0 bridgehead atoms. The van der Waals surface area contributed by atoms with Gasteiger partial charge >= 0.3 is 6.03 Å². The topological polar surface area (TPSA) is 64.7 Å². The monoisotopic (exact) mass is 372 g/mol. The minimum Gasteiger partial charge on any atom is -0.359 e. The molecule has 1 aliphatic rings. The third-order valence-corrected chi connectivity index (χ3v) is 4.49. The quantitative estimate of drug-likeness (QED) is 0.867. The van der Waals surface area contributed by atoms with Gasteiger partial charge in [0.1, 0.15) is 0 Å². The van der Waals surface area contributed by atoms with E-state index in [1.54, 1.807) is 24.1 Å². The maximum atomic E-state index is 12.4. The molecular formula is C19H21ClN4O2. The van der Waals surface area contributed by atoms with Crippen molar-refractivity contribution in [2.45, 2.75) is 6.54 Å². The van der Waals surface area contributed by atoms with E-state index in [9.17, 15) is 9.59 Å². The molecule has 3 amide bonds. The molecule has 0 aliphatic carbocycles. The average Bonchev–Trinajstić information content (AvgIpc) is 2.62. The number of nitrogens with zero attached hydrogens (tertiary/aromatic N) is 2. The molecule has 1 aliphatic heterocycles. The molecule has 0 aromatic heterocycles. The Kier molecular flexibility index (Phi) is 5.63. The smallest absolute Gasteiger partial charge is 0.321 e. The van der Waals surface area contributed by atoms with Crippen LogP contribution in [0.4, 0.5) is 16.2 Å². The van der Waals surface area contributed by atoms with Crippen LogP contribution in [-0.4, -0.2) is 43.5 Å². The highest BCUT2D eigenvalue weighted by molar-refractivity contribution is 6.33. The van der Waals surface area contributed by atoms with Crippen molar-refractivity contribution in [1.82, 2.24) is 10.2 Å². The molecule has 7 heteroatoms. The summed E-state index contributed by atoms with van der Waals surface area (Å²) >= 11 is 6.36. The maximum Gasteiger partial charge on any atom is 0.321 e. The third-order valence-electron chi connectivity index (χ3n) is 4.19. The van der Waals surface area contributed by atoms with Crippen LogP contribution in [0.1, 0.15) is 5.56 Å². The number of benzene rings is 2. The van der Waals surface area contributed by atoms with Gasteiger partial charge in [-0.25, -0.2) is 4.79 Å². The number of hydrogen-bond acceptors (Lipinski definition) is 3. The van der Waals surface area contributed by atoms with E-state index in [2.05, 4.69) is 10.6 Å². The molecule has 0 saturated carbocycles. The number of anilines is 2. The van der Waals surface area contributed by atoms with Crippen molar-refractivity contribution in [3.8, 4) is 0 Å². The first kappa shape index (κ1) is 18.1. The number of nitrogens with one attached hydrogen (secondary N) is 2. The molecule has 136 valence electrons. The molecule has 2 aromatic rings. The summed E-state index contributed by atoms with van der Waals surface area (Å²) in [7, 11) is 1.74. The minimum absolute atomic E-state index is 0.0211. The average molecular weight is 373 g/mol. The lowest BCUT2D eigenvalue weighted by atomic mass is 10.2. The van der Waals surface area contributed by atoms with Gasteiger partial charge in [0.2, 0.25) is 5.91 Å². The molecule has 2 N–H and O–H groups in total. The van der Waals surface area contributed by atoms with Crippen molar-refractivity contribution in [2.24, 2.45) is 0 Å². The Morgan fingerprint density at radius 2 is 2.04 bits per heavy atom. The van der Waals surface area contributed by atoms with Gasteiger partial charge in [-0.3, -0.25) is 4.79 Å². The third kappa shape index (κ3) is 4.46. The molecule has 6 nitrogen and oxygen atoms in total. The summed E-state index contributed by atoms with van der Waals surface area (Å²) in [5.41, 5.74) is 2.46. The number of urea groups is 1. The first-order chi connectivity index (χ1) is 12.5. The molecule has 1 heterocycles. The van der Waals surface area contributed by atoms with Crippen LogP contribution in [0.2, 0.25) is 5.02 Å². The van der Waals surface area contributed by atoms with E-state index in [0.29, 0.717) is 30.3 Å². The summed E-state index contributed by atoms with van der Waals surface area (Å²) in [6.07, 6.45) is 0. The van der Waals surface area contributed by atoms with Crippen LogP contribution >= 0.6 is 11.6 Å². The van der Waals surface area contributed by atoms with Gasteiger partial charge in [0.05, 0.1) is 17.3 Å². The number of piperazine rings is 1. The summed E-state index contributed by atoms with van der Waals surface area (Å²) in [5.74, 6) is -0.0211. The van der Waals surface area contributed by atoms with E-state index in [1.807, 2.05) is 41.3 Å². The van der Waals surface area contributed by atoms with Crippen molar-refractivity contribution in [3.63, 3.8) is 0 Å². The lowest BCUT2D eigenvalue weighted by Crippen LogP contribution is -2.47. The largest absolute Gasteiger partial charge is 0.359 e. The summed E-state index contributed by atoms with van der Waals surface area (Å²) in [5, 5.41) is 6.13. The van der Waals surface area contributed by atoms with Crippen LogP contribution in [0, 0.1) is 0 Å². The van der Waals surface area contributed by atoms with Gasteiger partial charge in [0.25, 0.3) is 0 Å². The fourth-order valence-electron chi connectivity index (χ4n) is 2.83. The maximum absolute atomic E-state index is 12.4. The van der Waals surface area contributed by atoms with Crippen molar-refractivity contribution in [3.05, 3.63) is 59.1 Å². The second-order valence-electron chi connectivity index (χ2n) is 6.21. The van der Waals surface area contributed by atoms with Crippen LogP contribution in [0.25, 0.3) is 0 Å². The summed E-state index contributed by atoms with van der Waals surface area (Å²) in [4.78, 5) is 27.4. The standard InChI is InChI=1S/C19H21ClN4O2/c1-23(12-14-5-3-2-4-6-14)19(26)22-15-7-8-17(16(20)11-15)24-10-9-21-18(25)13-24/h2-8,11H,9-10,12-13H2,1H3,(H,21,25)(H,22,26). The predicted molar refractivity (Wildman–Crippen MR) is 104 cm³/mol. The Balaban J connectivity index is 1.63. The van der Waals surface area contributed by atoms with Crippen molar-refractivity contribution < 1.29 is 9.59 Å². The Morgan fingerprint density at radius 3 is 2.73 bits per heavy atom. The molecule has 0 radical (unpaired) electrons. The van der Waals surface area contributed by atoms with Gasteiger partial charge in [0.15, 0.2) is 0 Å². The number of carbonyl (C=O) groups excluding carboxylic acids is 2. The van der Waals surface area contributed by atoms with Gasteiger partial charge < -0.3 is 20.4 Å². The van der Waals surface area contributed by atoms with E-state index in [0.717, 1.165) is 11.3 Å². The second kappa shape index (κ2) is 8.10. The molecule has 1 fully saturated rings. The van der Waals surface area contributed by atoms with Crippen LogP contribution in [0.3, 0.4) is 0 Å². The minimum atomic E-state index is -0.213. The lowest BCUT2D eigenvalue weighted by molar-refractivity contribution is -0.120. The van der Waals surface area contributed by atoms with E-state index in [-0.39, 0.29) is 18.5 Å². The highest BCUT2D eigenvalue weighted by atomic mass is 35.5. The van der Waals surface area contributed by atoms with Gasteiger partial charge in [-0.1, -0.05) is 41.9 Å². The summed E-state index contributed by atoms with van der Waals surface area (Å²) in [6, 6.07) is 14.9. The Bertz CT molecular complexity index is 797. The molecule has 1 saturated heterocycles. The second-order valence-corrected chi connectivity index (χ2v) is 6.62. The first-order valence-corrected chi connectivity index (χ1v) is 8.78. The zero-order chi connectivity index (χ0) is 18.5. The lowest BCUT2D eigenvalue weighted by Gasteiger charge is -2.29. The van der Waals surface area contributed by atoms with Crippen molar-refractivity contribution >= 4 is 34.9 Å². The molecule has 0 atom stereocenters. The normalized spacial score (nSPS) is 13.9. The fraction of sp³-hybridized carbons (Fsp3) is 0.263. The highest BCUT2D eigenvalue weighted by Gasteiger charge is 2.19. The molecule has 2 aromatic carbocycles. The molecule has 0 unspecified atom stereocenters. The van der Waals surface area contributed by atoms with Crippen LogP contribution in [-0.2, 0) is 11.3 Å². The van der Waals surface area contributed by atoms with Crippen LogP contribution in [0.15, 0.2) is 48.5 Å². The molecule has 3 rings (SSSR count). The molecule has 0 spiro atoms. The fourth-order valence-corrected chi connectivity index (χ4v) is 3.13. The summed E-state index contributed by atoms with van der Waals surface area (Å²) in [6.45, 7) is 2.10. The van der Waals surface area contributed by atoms with E-state index in [4.69, 9.17) is 11.6 Å². The Morgan fingerprint density at radius 1 is 1.27 bits per heavy atom. The molecular weight excluding hydrogens is 352 g/mol. The van der Waals surface area contributed by atoms with Gasteiger partial charge in [-0.2, -0.15) is 0 Å². The number of halogens is 1. The van der Waals surface area contributed by atoms with Crippen LogP contribution < -0.4 is 15.5 Å². The van der Waals surface area contributed by atoms with E-state index < -0.39 is 0 Å².